The summed E-state index contributed by atoms with van der Waals surface area (Å²) < 4.78 is 5.21. The number of hydrogen-bond acceptors (Lipinski definition) is 4. The number of aryl methyl sites for hydroxylation is 1. The average molecular weight is 251 g/mol. The van der Waals surface area contributed by atoms with E-state index in [4.69, 9.17) is 4.74 Å². The van der Waals surface area contributed by atoms with Crippen LogP contribution in [-0.2, 0) is 9.53 Å². The summed E-state index contributed by atoms with van der Waals surface area (Å²) in [4.78, 5) is 11.9. The van der Waals surface area contributed by atoms with E-state index in [1.807, 2.05) is 13.8 Å². The molecule has 0 aliphatic carbocycles. The van der Waals surface area contributed by atoms with Gasteiger partial charge in [-0.3, -0.25) is 0 Å². The van der Waals surface area contributed by atoms with Crippen LogP contribution in [0, 0.1) is 6.92 Å². The van der Waals surface area contributed by atoms with Gasteiger partial charge >= 0.3 is 5.97 Å². The van der Waals surface area contributed by atoms with Crippen LogP contribution in [0.3, 0.4) is 0 Å². The maximum absolute atomic E-state index is 11.9. The van der Waals surface area contributed by atoms with Crippen molar-refractivity contribution in [1.29, 1.82) is 0 Å². The van der Waals surface area contributed by atoms with Crippen molar-refractivity contribution in [1.82, 2.24) is 5.32 Å². The Hall–Kier alpha value is -1.55. The van der Waals surface area contributed by atoms with Crippen molar-refractivity contribution in [3.05, 3.63) is 29.3 Å². The highest BCUT2D eigenvalue weighted by Gasteiger charge is 2.21. The van der Waals surface area contributed by atoms with Gasteiger partial charge < -0.3 is 15.2 Å². The monoisotopic (exact) mass is 251 g/mol. The number of likely N-dealkylation sites (N-methyl/N-ethyl adjacent to an activating group) is 1. The summed E-state index contributed by atoms with van der Waals surface area (Å²) in [6.07, 6.45) is 1.87. The standard InChI is InChI=1S/C14H21NO3/c1-4-5-8-18-14(17)13(15-3)12-7-6-11(16)9-10(12)2/h6-7,9,13,15-16H,4-5,8H2,1-3H3. The Morgan fingerprint density at radius 3 is 2.78 bits per heavy atom. The molecule has 1 atom stereocenters. The normalized spacial score (nSPS) is 12.2. The van der Waals surface area contributed by atoms with E-state index in [2.05, 4.69) is 5.32 Å². The summed E-state index contributed by atoms with van der Waals surface area (Å²) in [7, 11) is 1.72. The summed E-state index contributed by atoms with van der Waals surface area (Å²) in [5.74, 6) is -0.0785. The van der Waals surface area contributed by atoms with Crippen LogP contribution in [-0.4, -0.2) is 24.7 Å². The van der Waals surface area contributed by atoms with Crippen LogP contribution in [0.1, 0.15) is 36.9 Å². The molecule has 1 aromatic rings. The number of phenols is 1. The second-order valence-electron chi connectivity index (χ2n) is 4.28. The van der Waals surface area contributed by atoms with Gasteiger partial charge in [0.1, 0.15) is 11.8 Å². The molecule has 1 rings (SSSR count). The van der Waals surface area contributed by atoms with Gasteiger partial charge in [0.15, 0.2) is 0 Å². The number of rotatable bonds is 6. The molecule has 0 aliphatic heterocycles. The number of phenolic OH excluding ortho intramolecular Hbond substituents is 1. The van der Waals surface area contributed by atoms with E-state index >= 15 is 0 Å². The lowest BCUT2D eigenvalue weighted by atomic mass is 10.0. The SMILES string of the molecule is CCCCOC(=O)C(NC)c1ccc(O)cc1C. The van der Waals surface area contributed by atoms with Gasteiger partial charge in [0.2, 0.25) is 0 Å². The number of unbranched alkanes of at least 4 members (excludes halogenated alkanes) is 1. The molecule has 100 valence electrons. The van der Waals surface area contributed by atoms with E-state index < -0.39 is 6.04 Å². The summed E-state index contributed by atoms with van der Waals surface area (Å²) in [6.45, 7) is 4.36. The van der Waals surface area contributed by atoms with Gasteiger partial charge in [0, 0.05) is 0 Å². The third-order valence-corrected chi connectivity index (χ3v) is 2.83. The average Bonchev–Trinajstić information content (AvgIpc) is 2.33. The van der Waals surface area contributed by atoms with E-state index in [-0.39, 0.29) is 11.7 Å². The molecule has 4 heteroatoms. The Bertz CT molecular complexity index is 404. The van der Waals surface area contributed by atoms with E-state index in [1.54, 1.807) is 25.2 Å². The van der Waals surface area contributed by atoms with Gasteiger partial charge in [-0.2, -0.15) is 0 Å². The Morgan fingerprint density at radius 2 is 2.22 bits per heavy atom. The highest BCUT2D eigenvalue weighted by molar-refractivity contribution is 5.78. The molecule has 0 amide bonds. The van der Waals surface area contributed by atoms with Crippen molar-refractivity contribution in [2.24, 2.45) is 0 Å². The zero-order valence-corrected chi connectivity index (χ0v) is 11.2. The minimum Gasteiger partial charge on any atom is -0.508 e. The molecule has 0 aromatic heterocycles. The number of carbonyl (C=O) groups is 1. The number of nitrogens with one attached hydrogen (secondary N) is 1. The number of carbonyl (C=O) groups excluding carboxylic acids is 1. The first-order valence-corrected chi connectivity index (χ1v) is 6.23. The zero-order chi connectivity index (χ0) is 13.5. The maximum atomic E-state index is 11.9. The van der Waals surface area contributed by atoms with E-state index in [9.17, 15) is 9.90 Å². The minimum absolute atomic E-state index is 0.199. The fraction of sp³-hybridized carbons (Fsp3) is 0.500. The third kappa shape index (κ3) is 3.74. The van der Waals surface area contributed by atoms with Crippen LogP contribution in [0.5, 0.6) is 5.75 Å². The summed E-state index contributed by atoms with van der Waals surface area (Å²) in [5.41, 5.74) is 1.69. The topological polar surface area (TPSA) is 58.6 Å². The van der Waals surface area contributed by atoms with Crippen molar-refractivity contribution in [3.63, 3.8) is 0 Å². The lowest BCUT2D eigenvalue weighted by Crippen LogP contribution is -2.28. The van der Waals surface area contributed by atoms with Crippen LogP contribution >= 0.6 is 0 Å². The van der Waals surface area contributed by atoms with Gasteiger partial charge in [-0.25, -0.2) is 4.79 Å². The molecule has 4 nitrogen and oxygen atoms in total. The highest BCUT2D eigenvalue weighted by atomic mass is 16.5. The molecular weight excluding hydrogens is 230 g/mol. The van der Waals surface area contributed by atoms with Crippen molar-refractivity contribution in [3.8, 4) is 5.75 Å². The van der Waals surface area contributed by atoms with Crippen LogP contribution in [0.4, 0.5) is 0 Å². The minimum atomic E-state index is -0.484. The molecule has 1 unspecified atom stereocenters. The van der Waals surface area contributed by atoms with Crippen LogP contribution < -0.4 is 5.32 Å². The molecule has 1 aromatic carbocycles. The Kier molecular flexibility index (Phi) is 5.65. The number of aromatic hydroxyl groups is 1. The summed E-state index contributed by atoms with van der Waals surface area (Å²) in [5, 5.41) is 12.3. The van der Waals surface area contributed by atoms with Crippen LogP contribution in [0.25, 0.3) is 0 Å². The fourth-order valence-corrected chi connectivity index (χ4v) is 1.78. The largest absolute Gasteiger partial charge is 0.508 e. The molecule has 0 aliphatic rings. The Morgan fingerprint density at radius 1 is 1.50 bits per heavy atom. The quantitative estimate of drug-likeness (QED) is 0.601. The maximum Gasteiger partial charge on any atom is 0.327 e. The molecule has 18 heavy (non-hydrogen) atoms. The first kappa shape index (κ1) is 14.5. The molecule has 0 fully saturated rings. The third-order valence-electron chi connectivity index (χ3n) is 2.83. The molecule has 0 saturated heterocycles. The van der Waals surface area contributed by atoms with Crippen molar-refractivity contribution < 1.29 is 14.6 Å². The number of ether oxygens (including phenoxy) is 1. The van der Waals surface area contributed by atoms with Gasteiger partial charge in [0.05, 0.1) is 6.61 Å². The Labute approximate surface area is 108 Å². The second-order valence-corrected chi connectivity index (χ2v) is 4.28. The number of esters is 1. The van der Waals surface area contributed by atoms with E-state index in [0.29, 0.717) is 6.61 Å². The van der Waals surface area contributed by atoms with E-state index in [1.165, 1.54) is 0 Å². The predicted molar refractivity (Wildman–Crippen MR) is 70.5 cm³/mol. The second kappa shape index (κ2) is 7.01. The first-order valence-electron chi connectivity index (χ1n) is 6.23. The molecule has 0 bridgehead atoms. The van der Waals surface area contributed by atoms with Crippen molar-refractivity contribution in [2.75, 3.05) is 13.7 Å². The molecular formula is C14H21NO3. The van der Waals surface area contributed by atoms with Crippen molar-refractivity contribution in [2.45, 2.75) is 32.7 Å². The van der Waals surface area contributed by atoms with Gasteiger partial charge in [-0.05, 0) is 43.7 Å². The first-order chi connectivity index (χ1) is 8.60. The summed E-state index contributed by atoms with van der Waals surface area (Å²) in [6, 6.07) is 4.47. The molecule has 2 N–H and O–H groups in total. The van der Waals surface area contributed by atoms with Crippen LogP contribution in [0.2, 0.25) is 0 Å². The van der Waals surface area contributed by atoms with E-state index in [0.717, 1.165) is 24.0 Å². The number of benzene rings is 1. The molecule has 0 heterocycles. The lowest BCUT2D eigenvalue weighted by Gasteiger charge is -2.17. The smallest absolute Gasteiger partial charge is 0.327 e. The zero-order valence-electron chi connectivity index (χ0n) is 11.2. The van der Waals surface area contributed by atoms with Crippen LogP contribution in [0.15, 0.2) is 18.2 Å². The highest BCUT2D eigenvalue weighted by Crippen LogP contribution is 2.22. The molecule has 0 spiro atoms. The fourth-order valence-electron chi connectivity index (χ4n) is 1.78. The van der Waals surface area contributed by atoms with Gasteiger partial charge in [-0.1, -0.05) is 19.4 Å². The molecule has 0 saturated carbocycles. The predicted octanol–water partition coefficient (Wildman–Crippen LogP) is 2.30. The van der Waals surface area contributed by atoms with Crippen molar-refractivity contribution >= 4 is 5.97 Å². The van der Waals surface area contributed by atoms with Gasteiger partial charge in [-0.15, -0.1) is 0 Å². The Balaban J connectivity index is 2.78. The summed E-state index contributed by atoms with van der Waals surface area (Å²) >= 11 is 0. The lowest BCUT2D eigenvalue weighted by molar-refractivity contribution is -0.146. The molecule has 0 radical (unpaired) electrons. The number of hydrogen-bond donors (Lipinski definition) is 2. The van der Waals surface area contributed by atoms with Gasteiger partial charge in [0.25, 0.3) is 0 Å².